The third kappa shape index (κ3) is 3.45. The quantitative estimate of drug-likeness (QED) is 0.476. The van der Waals surface area contributed by atoms with Crippen molar-refractivity contribution in [1.82, 2.24) is 0 Å². The van der Waals surface area contributed by atoms with E-state index in [-0.39, 0.29) is 11.4 Å². The lowest BCUT2D eigenvalue weighted by atomic mass is 10.1. The molecule has 0 saturated heterocycles. The molecule has 2 aromatic rings. The van der Waals surface area contributed by atoms with Crippen LogP contribution < -0.4 is 4.74 Å². The third-order valence-corrected chi connectivity index (χ3v) is 2.99. The van der Waals surface area contributed by atoms with Crippen LogP contribution in [0.25, 0.3) is 12.2 Å². The minimum atomic E-state index is -0.663. The predicted molar refractivity (Wildman–Crippen MR) is 81.7 cm³/mol. The Kier molecular flexibility index (Phi) is 4.47. The Morgan fingerprint density at radius 2 is 1.64 bits per heavy atom. The van der Waals surface area contributed by atoms with Crippen LogP contribution in [0, 0.1) is 20.2 Å². The highest BCUT2D eigenvalue weighted by Crippen LogP contribution is 2.26. The van der Waals surface area contributed by atoms with Crippen molar-refractivity contribution < 1.29 is 14.6 Å². The molecule has 7 heteroatoms. The molecule has 22 heavy (non-hydrogen) atoms. The number of hydrogen-bond donors (Lipinski definition) is 0. The molecule has 0 aliphatic heterocycles. The fourth-order valence-electron chi connectivity index (χ4n) is 1.85. The molecule has 0 fully saturated rings. The fraction of sp³-hybridized carbons (Fsp3) is 0.0667. The van der Waals surface area contributed by atoms with Gasteiger partial charge in [-0.3, -0.25) is 20.2 Å². The minimum absolute atomic E-state index is 0.298. The van der Waals surface area contributed by atoms with Crippen LogP contribution in [0.1, 0.15) is 11.1 Å². The monoisotopic (exact) mass is 300 g/mol. The Labute approximate surface area is 125 Å². The summed E-state index contributed by atoms with van der Waals surface area (Å²) in [5, 5.41) is 21.7. The van der Waals surface area contributed by atoms with Gasteiger partial charge >= 0.3 is 0 Å². The molecular formula is C15H12N2O5. The van der Waals surface area contributed by atoms with E-state index < -0.39 is 9.85 Å². The van der Waals surface area contributed by atoms with Crippen molar-refractivity contribution in [2.75, 3.05) is 7.11 Å². The summed E-state index contributed by atoms with van der Waals surface area (Å²) < 4.78 is 5.04. The molecule has 0 bridgehead atoms. The topological polar surface area (TPSA) is 95.5 Å². The van der Waals surface area contributed by atoms with Crippen molar-refractivity contribution in [3.05, 3.63) is 73.8 Å². The predicted octanol–water partition coefficient (Wildman–Crippen LogP) is 3.68. The maximum Gasteiger partial charge on any atom is 0.283 e. The summed E-state index contributed by atoms with van der Waals surface area (Å²) in [4.78, 5) is 20.4. The van der Waals surface area contributed by atoms with Crippen LogP contribution >= 0.6 is 0 Å². The van der Waals surface area contributed by atoms with Gasteiger partial charge in [-0.25, -0.2) is 0 Å². The molecule has 7 nitrogen and oxygen atoms in total. The van der Waals surface area contributed by atoms with Gasteiger partial charge in [-0.2, -0.15) is 0 Å². The van der Waals surface area contributed by atoms with Crippen LogP contribution in [0.2, 0.25) is 0 Å². The average Bonchev–Trinajstić information content (AvgIpc) is 2.53. The summed E-state index contributed by atoms with van der Waals surface area (Å²) in [6.07, 6.45) is 3.23. The Hall–Kier alpha value is -3.22. The highest BCUT2D eigenvalue weighted by atomic mass is 16.6. The highest BCUT2D eigenvalue weighted by molar-refractivity contribution is 5.75. The van der Waals surface area contributed by atoms with Gasteiger partial charge in [0.05, 0.1) is 28.6 Å². The van der Waals surface area contributed by atoms with Gasteiger partial charge in [0.15, 0.2) is 0 Å². The molecular weight excluding hydrogens is 288 g/mol. The first kappa shape index (κ1) is 15.2. The van der Waals surface area contributed by atoms with Gasteiger partial charge in [-0.1, -0.05) is 18.2 Å². The van der Waals surface area contributed by atoms with Crippen LogP contribution in [0.15, 0.2) is 42.5 Å². The lowest BCUT2D eigenvalue weighted by Crippen LogP contribution is -1.94. The Balaban J connectivity index is 2.33. The second kappa shape index (κ2) is 6.49. The van der Waals surface area contributed by atoms with Crippen LogP contribution in [0.4, 0.5) is 11.4 Å². The number of nitro groups is 2. The van der Waals surface area contributed by atoms with Crippen molar-refractivity contribution in [2.45, 2.75) is 0 Å². The van der Waals surface area contributed by atoms with Crippen LogP contribution in [-0.2, 0) is 0 Å². The number of hydrogen-bond acceptors (Lipinski definition) is 5. The van der Waals surface area contributed by atoms with E-state index in [1.165, 1.54) is 12.1 Å². The molecule has 0 saturated carbocycles. The number of rotatable bonds is 5. The molecule has 0 atom stereocenters. The molecule has 112 valence electrons. The van der Waals surface area contributed by atoms with Crippen molar-refractivity contribution in [1.29, 1.82) is 0 Å². The molecule has 0 N–H and O–H groups in total. The zero-order chi connectivity index (χ0) is 16.1. The van der Waals surface area contributed by atoms with E-state index in [9.17, 15) is 20.2 Å². The number of benzene rings is 2. The van der Waals surface area contributed by atoms with Gasteiger partial charge in [0.1, 0.15) is 5.75 Å². The Bertz CT molecular complexity index is 738. The van der Waals surface area contributed by atoms with Gasteiger partial charge in [0, 0.05) is 6.07 Å². The van der Waals surface area contributed by atoms with Crippen molar-refractivity contribution >= 4 is 23.5 Å². The first-order chi connectivity index (χ1) is 10.5. The van der Waals surface area contributed by atoms with Gasteiger partial charge < -0.3 is 4.74 Å². The highest BCUT2D eigenvalue weighted by Gasteiger charge is 2.17. The normalized spacial score (nSPS) is 10.6. The summed E-state index contributed by atoms with van der Waals surface area (Å²) in [5.41, 5.74) is 0.507. The summed E-state index contributed by atoms with van der Waals surface area (Å²) >= 11 is 0. The first-order valence-corrected chi connectivity index (χ1v) is 6.26. The second-order valence-corrected chi connectivity index (χ2v) is 4.36. The van der Waals surface area contributed by atoms with E-state index in [1.807, 2.05) is 0 Å². The molecule has 0 spiro atoms. The largest absolute Gasteiger partial charge is 0.497 e. The lowest BCUT2D eigenvalue weighted by molar-refractivity contribution is -0.394. The SMILES string of the molecule is COc1ccc(C=Cc2ccc([N+](=O)[O-])cc2[N+](=O)[O-])cc1. The smallest absolute Gasteiger partial charge is 0.283 e. The van der Waals surface area contributed by atoms with E-state index in [1.54, 1.807) is 43.5 Å². The minimum Gasteiger partial charge on any atom is -0.497 e. The maximum absolute atomic E-state index is 11.0. The fourth-order valence-corrected chi connectivity index (χ4v) is 1.85. The summed E-state index contributed by atoms with van der Waals surface area (Å²) in [5.74, 6) is 0.707. The van der Waals surface area contributed by atoms with E-state index in [2.05, 4.69) is 0 Å². The van der Waals surface area contributed by atoms with Gasteiger partial charge in [0.2, 0.25) is 0 Å². The Morgan fingerprint density at radius 1 is 0.955 bits per heavy atom. The van der Waals surface area contributed by atoms with Gasteiger partial charge in [-0.15, -0.1) is 0 Å². The van der Waals surface area contributed by atoms with E-state index in [0.29, 0.717) is 11.3 Å². The second-order valence-electron chi connectivity index (χ2n) is 4.36. The van der Waals surface area contributed by atoms with Crippen molar-refractivity contribution in [3.63, 3.8) is 0 Å². The molecule has 0 heterocycles. The molecule has 0 unspecified atom stereocenters. The molecule has 0 aliphatic rings. The van der Waals surface area contributed by atoms with Crippen molar-refractivity contribution in [2.24, 2.45) is 0 Å². The number of methoxy groups -OCH3 is 1. The molecule has 0 amide bonds. The molecule has 0 aliphatic carbocycles. The number of non-ortho nitro benzene ring substituents is 1. The molecule has 0 radical (unpaired) electrons. The van der Waals surface area contributed by atoms with Gasteiger partial charge in [0.25, 0.3) is 11.4 Å². The number of ether oxygens (including phenoxy) is 1. The zero-order valence-electron chi connectivity index (χ0n) is 11.6. The maximum atomic E-state index is 11.0. The first-order valence-electron chi connectivity index (χ1n) is 6.26. The Morgan fingerprint density at radius 3 is 2.18 bits per heavy atom. The zero-order valence-corrected chi connectivity index (χ0v) is 11.6. The van der Waals surface area contributed by atoms with Crippen LogP contribution in [-0.4, -0.2) is 17.0 Å². The molecule has 0 aromatic heterocycles. The van der Waals surface area contributed by atoms with E-state index in [4.69, 9.17) is 4.74 Å². The standard InChI is InChI=1S/C15H12N2O5/c1-22-14-8-3-11(4-9-14)2-5-12-6-7-13(16(18)19)10-15(12)17(20)21/h2-10H,1H3. The summed E-state index contributed by atoms with van der Waals surface area (Å²) in [6, 6.07) is 10.7. The number of nitro benzene ring substituents is 2. The number of nitrogens with zero attached hydrogens (tertiary/aromatic N) is 2. The van der Waals surface area contributed by atoms with E-state index >= 15 is 0 Å². The van der Waals surface area contributed by atoms with E-state index in [0.717, 1.165) is 11.6 Å². The lowest BCUT2D eigenvalue weighted by Gasteiger charge is -2.00. The third-order valence-electron chi connectivity index (χ3n) is 2.99. The molecule has 2 rings (SSSR count). The summed E-state index contributed by atoms with van der Waals surface area (Å²) in [7, 11) is 1.56. The average molecular weight is 300 g/mol. The van der Waals surface area contributed by atoms with Gasteiger partial charge in [-0.05, 0) is 29.8 Å². The summed E-state index contributed by atoms with van der Waals surface area (Å²) in [6.45, 7) is 0. The van der Waals surface area contributed by atoms with Crippen LogP contribution in [0.3, 0.4) is 0 Å². The van der Waals surface area contributed by atoms with Crippen LogP contribution in [0.5, 0.6) is 5.75 Å². The molecule has 2 aromatic carbocycles. The van der Waals surface area contributed by atoms with Crippen molar-refractivity contribution in [3.8, 4) is 5.75 Å².